The molecule has 0 aliphatic heterocycles. The minimum absolute atomic E-state index is 0.128. The fourth-order valence-corrected chi connectivity index (χ4v) is 1.68. The van der Waals surface area contributed by atoms with Crippen LogP contribution in [-0.2, 0) is 9.53 Å². The van der Waals surface area contributed by atoms with E-state index in [4.69, 9.17) is 9.84 Å². The highest BCUT2D eigenvalue weighted by Gasteiger charge is 2.17. The van der Waals surface area contributed by atoms with Gasteiger partial charge in [0.05, 0.1) is 18.6 Å². The van der Waals surface area contributed by atoms with Gasteiger partial charge in [-0.3, -0.25) is 4.79 Å². The summed E-state index contributed by atoms with van der Waals surface area (Å²) in [6.45, 7) is 2.05. The number of carbonyl (C=O) groups is 2. The summed E-state index contributed by atoms with van der Waals surface area (Å²) in [5.74, 6) is -0.294. The molecule has 1 heterocycles. The van der Waals surface area contributed by atoms with E-state index in [1.807, 2.05) is 6.92 Å². The summed E-state index contributed by atoms with van der Waals surface area (Å²) >= 11 is 0. The molecule has 0 saturated carbocycles. The highest BCUT2D eigenvalue weighted by molar-refractivity contribution is 5.74. The third-order valence-corrected chi connectivity index (χ3v) is 2.79. The molecule has 0 saturated heterocycles. The fourth-order valence-electron chi connectivity index (χ4n) is 1.68. The first-order chi connectivity index (χ1) is 9.56. The quantitative estimate of drug-likeness (QED) is 0.559. The van der Waals surface area contributed by atoms with E-state index in [1.165, 1.54) is 7.11 Å². The van der Waals surface area contributed by atoms with E-state index < -0.39 is 12.1 Å². The molecular formula is C12H20N4O4. The van der Waals surface area contributed by atoms with Crippen LogP contribution in [0.2, 0.25) is 0 Å². The minimum Gasteiger partial charge on any atom is -0.481 e. The Morgan fingerprint density at radius 1 is 1.55 bits per heavy atom. The van der Waals surface area contributed by atoms with Crippen molar-refractivity contribution in [3.8, 4) is 0 Å². The van der Waals surface area contributed by atoms with Crippen molar-refractivity contribution in [2.75, 3.05) is 13.7 Å². The third kappa shape index (κ3) is 5.27. The largest absolute Gasteiger partial charge is 0.481 e. The molecule has 0 radical (unpaired) electrons. The number of ether oxygens (including phenoxy) is 1. The Morgan fingerprint density at radius 3 is 2.80 bits per heavy atom. The summed E-state index contributed by atoms with van der Waals surface area (Å²) in [6.07, 6.45) is 3.27. The molecule has 2 amide bonds. The number of aromatic nitrogens is 2. The zero-order chi connectivity index (χ0) is 15.0. The summed E-state index contributed by atoms with van der Waals surface area (Å²) in [5, 5.41) is 14.0. The zero-order valence-corrected chi connectivity index (χ0v) is 11.5. The van der Waals surface area contributed by atoms with Crippen molar-refractivity contribution in [1.82, 2.24) is 20.6 Å². The van der Waals surface area contributed by atoms with E-state index in [1.54, 1.807) is 12.4 Å². The number of rotatable bonds is 8. The number of hydrogen-bond acceptors (Lipinski definition) is 4. The molecule has 0 bridgehead atoms. The highest BCUT2D eigenvalue weighted by atomic mass is 16.5. The van der Waals surface area contributed by atoms with Crippen LogP contribution in [0.3, 0.4) is 0 Å². The molecule has 2 atom stereocenters. The highest BCUT2D eigenvalue weighted by Crippen LogP contribution is 2.10. The maximum atomic E-state index is 11.7. The topological polar surface area (TPSA) is 116 Å². The number of carbonyl (C=O) groups excluding carboxylic acids is 1. The van der Waals surface area contributed by atoms with Gasteiger partial charge in [0, 0.05) is 26.0 Å². The Kier molecular flexibility index (Phi) is 6.51. The number of hydrogen-bond donors (Lipinski definition) is 4. The molecule has 1 rings (SSSR count). The Morgan fingerprint density at radius 2 is 2.30 bits per heavy atom. The van der Waals surface area contributed by atoms with E-state index >= 15 is 0 Å². The number of methoxy groups -OCH3 is 1. The van der Waals surface area contributed by atoms with Gasteiger partial charge < -0.3 is 25.5 Å². The summed E-state index contributed by atoms with van der Waals surface area (Å²) in [7, 11) is 1.41. The van der Waals surface area contributed by atoms with Gasteiger partial charge in [0.25, 0.3) is 0 Å². The van der Waals surface area contributed by atoms with Gasteiger partial charge in [0.1, 0.15) is 5.82 Å². The summed E-state index contributed by atoms with van der Waals surface area (Å²) in [5.41, 5.74) is 0. The molecule has 1 aromatic rings. The summed E-state index contributed by atoms with van der Waals surface area (Å²) < 4.78 is 4.97. The molecule has 0 spiro atoms. The number of aliphatic carboxylic acids is 1. The van der Waals surface area contributed by atoms with E-state index in [2.05, 4.69) is 20.6 Å². The van der Waals surface area contributed by atoms with Crippen LogP contribution in [0, 0.1) is 0 Å². The number of carboxylic acids is 1. The monoisotopic (exact) mass is 284 g/mol. The number of nitrogens with zero attached hydrogens (tertiary/aromatic N) is 1. The number of carboxylic acid groups (broad SMARTS) is 1. The predicted octanol–water partition coefficient (Wildman–Crippen LogP) is 0.650. The van der Waals surface area contributed by atoms with Crippen LogP contribution in [-0.4, -0.2) is 46.8 Å². The maximum Gasteiger partial charge on any atom is 0.315 e. The zero-order valence-electron chi connectivity index (χ0n) is 11.5. The molecule has 2 unspecified atom stereocenters. The number of nitrogens with one attached hydrogen (secondary N) is 3. The SMILES string of the molecule is CCC(NC(=O)NCC(CC(=O)O)OC)c1ncc[nH]1. The molecule has 4 N–H and O–H groups in total. The lowest BCUT2D eigenvalue weighted by Gasteiger charge is -2.18. The number of aromatic amines is 1. The molecular weight excluding hydrogens is 264 g/mol. The molecule has 8 nitrogen and oxygen atoms in total. The van der Waals surface area contributed by atoms with Crippen molar-refractivity contribution in [2.45, 2.75) is 31.9 Å². The van der Waals surface area contributed by atoms with Crippen molar-refractivity contribution < 1.29 is 19.4 Å². The Bertz CT molecular complexity index is 421. The maximum absolute atomic E-state index is 11.7. The standard InChI is InChI=1S/C12H20N4O4/c1-3-9(11-13-4-5-14-11)16-12(19)15-7-8(20-2)6-10(17)18/h4-5,8-9H,3,6-7H2,1-2H3,(H,13,14)(H,17,18)(H2,15,16,19). The lowest BCUT2D eigenvalue weighted by atomic mass is 10.2. The lowest BCUT2D eigenvalue weighted by molar-refractivity contribution is -0.139. The van der Waals surface area contributed by atoms with Gasteiger partial charge in [0.2, 0.25) is 0 Å². The van der Waals surface area contributed by atoms with Crippen LogP contribution in [0.25, 0.3) is 0 Å². The molecule has 0 aliphatic carbocycles. The number of imidazole rings is 1. The van der Waals surface area contributed by atoms with Crippen molar-refractivity contribution in [3.63, 3.8) is 0 Å². The van der Waals surface area contributed by atoms with E-state index in [0.717, 1.165) is 0 Å². The number of H-pyrrole nitrogens is 1. The van der Waals surface area contributed by atoms with Crippen LogP contribution < -0.4 is 10.6 Å². The lowest BCUT2D eigenvalue weighted by Crippen LogP contribution is -2.42. The van der Waals surface area contributed by atoms with Crippen LogP contribution >= 0.6 is 0 Å². The molecule has 0 aromatic carbocycles. The van der Waals surface area contributed by atoms with Gasteiger partial charge in [-0.15, -0.1) is 0 Å². The van der Waals surface area contributed by atoms with Crippen LogP contribution in [0.15, 0.2) is 12.4 Å². The molecule has 0 aliphatic rings. The van der Waals surface area contributed by atoms with Gasteiger partial charge in [-0.25, -0.2) is 9.78 Å². The van der Waals surface area contributed by atoms with Gasteiger partial charge in [-0.05, 0) is 6.42 Å². The Hall–Kier alpha value is -2.09. The number of amides is 2. The van der Waals surface area contributed by atoms with Crippen LogP contribution in [0.5, 0.6) is 0 Å². The normalized spacial score (nSPS) is 13.5. The van der Waals surface area contributed by atoms with E-state index in [0.29, 0.717) is 12.2 Å². The average molecular weight is 284 g/mol. The molecule has 8 heteroatoms. The Balaban J connectivity index is 2.40. The summed E-state index contributed by atoms with van der Waals surface area (Å²) in [6, 6.07) is -0.605. The van der Waals surface area contributed by atoms with E-state index in [-0.39, 0.29) is 25.0 Å². The van der Waals surface area contributed by atoms with Crippen LogP contribution in [0.4, 0.5) is 4.79 Å². The van der Waals surface area contributed by atoms with E-state index in [9.17, 15) is 9.59 Å². The fraction of sp³-hybridized carbons (Fsp3) is 0.583. The summed E-state index contributed by atoms with van der Waals surface area (Å²) in [4.78, 5) is 29.3. The minimum atomic E-state index is -0.971. The molecule has 0 fully saturated rings. The predicted molar refractivity (Wildman–Crippen MR) is 71.2 cm³/mol. The molecule has 1 aromatic heterocycles. The van der Waals surface area contributed by atoms with Gasteiger partial charge in [-0.2, -0.15) is 0 Å². The Labute approximate surface area is 116 Å². The second kappa shape index (κ2) is 8.16. The van der Waals surface area contributed by atoms with Crippen molar-refractivity contribution in [2.24, 2.45) is 0 Å². The van der Waals surface area contributed by atoms with Crippen LogP contribution in [0.1, 0.15) is 31.6 Å². The second-order valence-corrected chi connectivity index (χ2v) is 4.25. The second-order valence-electron chi connectivity index (χ2n) is 4.25. The first kappa shape index (κ1) is 16.0. The van der Waals surface area contributed by atoms with Gasteiger partial charge in [-0.1, -0.05) is 6.92 Å². The first-order valence-corrected chi connectivity index (χ1v) is 6.35. The average Bonchev–Trinajstić information content (AvgIpc) is 2.94. The first-order valence-electron chi connectivity index (χ1n) is 6.35. The molecule has 20 heavy (non-hydrogen) atoms. The third-order valence-electron chi connectivity index (χ3n) is 2.79. The van der Waals surface area contributed by atoms with Crippen molar-refractivity contribution >= 4 is 12.0 Å². The number of urea groups is 1. The van der Waals surface area contributed by atoms with Gasteiger partial charge >= 0.3 is 12.0 Å². The van der Waals surface area contributed by atoms with Gasteiger partial charge in [0.15, 0.2) is 0 Å². The smallest absolute Gasteiger partial charge is 0.315 e. The van der Waals surface area contributed by atoms with Crippen molar-refractivity contribution in [1.29, 1.82) is 0 Å². The van der Waals surface area contributed by atoms with Crippen molar-refractivity contribution in [3.05, 3.63) is 18.2 Å². The molecule has 112 valence electrons.